The molecule has 1 aliphatic carbocycles. The van der Waals surface area contributed by atoms with Gasteiger partial charge in [-0.25, -0.2) is 0 Å². The quantitative estimate of drug-likeness (QED) is 0.758. The zero-order chi connectivity index (χ0) is 12.8. The second-order valence-corrected chi connectivity index (χ2v) is 5.49. The molecular weight excluding hydrogens is 218 g/mol. The molecule has 100 valence electrons. The van der Waals surface area contributed by atoms with E-state index < -0.39 is 0 Å². The van der Waals surface area contributed by atoms with Gasteiger partial charge < -0.3 is 5.32 Å². The highest BCUT2D eigenvalue weighted by Gasteiger charge is 2.17. The third-order valence-corrected chi connectivity index (χ3v) is 4.04. The second kappa shape index (κ2) is 6.94. The predicted octanol–water partition coefficient (Wildman–Crippen LogP) is 4.41. The third-order valence-electron chi connectivity index (χ3n) is 4.04. The first-order chi connectivity index (χ1) is 8.85. The third kappa shape index (κ3) is 3.35. The van der Waals surface area contributed by atoms with Crippen LogP contribution in [0.3, 0.4) is 0 Å². The van der Waals surface area contributed by atoms with Gasteiger partial charge in [-0.05, 0) is 55.3 Å². The van der Waals surface area contributed by atoms with Crippen molar-refractivity contribution < 1.29 is 0 Å². The van der Waals surface area contributed by atoms with E-state index in [0.29, 0.717) is 6.04 Å². The molecule has 0 fully saturated rings. The van der Waals surface area contributed by atoms with Gasteiger partial charge in [-0.3, -0.25) is 0 Å². The van der Waals surface area contributed by atoms with Gasteiger partial charge in [-0.1, -0.05) is 44.9 Å². The lowest BCUT2D eigenvalue weighted by Crippen LogP contribution is -2.21. The minimum atomic E-state index is 0.592. The van der Waals surface area contributed by atoms with Gasteiger partial charge in [0.25, 0.3) is 0 Å². The zero-order valence-corrected chi connectivity index (χ0v) is 12.0. The summed E-state index contributed by atoms with van der Waals surface area (Å²) < 4.78 is 0. The smallest absolute Gasteiger partial charge is 0.0322 e. The summed E-state index contributed by atoms with van der Waals surface area (Å²) in [6.45, 7) is 5.56. The zero-order valence-electron chi connectivity index (χ0n) is 12.0. The molecule has 0 heterocycles. The Balaban J connectivity index is 2.21. The van der Waals surface area contributed by atoms with Crippen molar-refractivity contribution in [1.82, 2.24) is 5.32 Å². The number of aryl methyl sites for hydroxylation is 2. The molecule has 1 atom stereocenters. The van der Waals surface area contributed by atoms with Gasteiger partial charge in [0.15, 0.2) is 0 Å². The molecule has 1 aliphatic rings. The van der Waals surface area contributed by atoms with E-state index >= 15 is 0 Å². The molecule has 0 radical (unpaired) electrons. The molecule has 0 bridgehead atoms. The first kappa shape index (κ1) is 13.6. The van der Waals surface area contributed by atoms with E-state index in [1.54, 1.807) is 11.1 Å². The number of fused-ring (bicyclic) bond motifs is 1. The molecule has 0 spiro atoms. The molecule has 0 aromatic heterocycles. The van der Waals surface area contributed by atoms with Crippen LogP contribution < -0.4 is 5.32 Å². The summed E-state index contributed by atoms with van der Waals surface area (Å²) in [4.78, 5) is 0. The van der Waals surface area contributed by atoms with E-state index in [2.05, 4.69) is 37.4 Å². The summed E-state index contributed by atoms with van der Waals surface area (Å²) in [7, 11) is 0. The lowest BCUT2D eigenvalue weighted by Gasteiger charge is -2.19. The number of hydrogen-bond donors (Lipinski definition) is 1. The summed E-state index contributed by atoms with van der Waals surface area (Å²) in [5, 5.41) is 3.66. The van der Waals surface area contributed by atoms with Gasteiger partial charge in [0.2, 0.25) is 0 Å². The number of rotatable bonds is 5. The molecule has 2 rings (SSSR count). The Morgan fingerprint density at radius 3 is 2.89 bits per heavy atom. The van der Waals surface area contributed by atoms with E-state index in [-0.39, 0.29) is 0 Å². The molecule has 1 unspecified atom stereocenters. The largest absolute Gasteiger partial charge is 0.310 e. The summed E-state index contributed by atoms with van der Waals surface area (Å²) in [5.41, 5.74) is 4.70. The molecule has 1 heteroatoms. The average Bonchev–Trinajstić information content (AvgIpc) is 2.59. The van der Waals surface area contributed by atoms with Crippen LogP contribution in [0.1, 0.15) is 68.7 Å². The second-order valence-electron chi connectivity index (χ2n) is 5.49. The molecule has 1 aromatic carbocycles. The van der Waals surface area contributed by atoms with Crippen LogP contribution in [0.2, 0.25) is 0 Å². The van der Waals surface area contributed by atoms with Crippen molar-refractivity contribution in [2.45, 2.75) is 64.8 Å². The van der Waals surface area contributed by atoms with Crippen molar-refractivity contribution in [3.05, 3.63) is 34.9 Å². The van der Waals surface area contributed by atoms with Crippen LogP contribution in [0.5, 0.6) is 0 Å². The molecule has 0 saturated carbocycles. The number of hydrogen-bond acceptors (Lipinski definition) is 1. The lowest BCUT2D eigenvalue weighted by molar-refractivity contribution is 0.503. The number of nitrogens with one attached hydrogen (secondary N) is 1. The van der Waals surface area contributed by atoms with Crippen LogP contribution in [-0.4, -0.2) is 6.54 Å². The van der Waals surface area contributed by atoms with Gasteiger partial charge in [-0.15, -0.1) is 0 Å². The van der Waals surface area contributed by atoms with E-state index in [1.807, 2.05) is 0 Å². The van der Waals surface area contributed by atoms with Gasteiger partial charge in [0.1, 0.15) is 0 Å². The number of unbranched alkanes of at least 4 members (excludes halogenated alkanes) is 1. The van der Waals surface area contributed by atoms with Crippen LogP contribution in [0.4, 0.5) is 0 Å². The molecular formula is C17H27N. The fourth-order valence-corrected chi connectivity index (χ4v) is 3.01. The molecule has 0 aliphatic heterocycles. The van der Waals surface area contributed by atoms with E-state index in [1.165, 1.54) is 50.5 Å². The highest BCUT2D eigenvalue weighted by Crippen LogP contribution is 2.29. The minimum Gasteiger partial charge on any atom is -0.310 e. The first-order valence-corrected chi connectivity index (χ1v) is 7.70. The minimum absolute atomic E-state index is 0.592. The maximum absolute atomic E-state index is 3.66. The maximum atomic E-state index is 3.66. The summed E-state index contributed by atoms with van der Waals surface area (Å²) in [6.07, 6.45) is 9.12. The SMILES string of the molecule is CCCCc1ccc2c(c1)C(NCC)CCCC2. The Morgan fingerprint density at radius 2 is 2.11 bits per heavy atom. The van der Waals surface area contributed by atoms with Gasteiger partial charge >= 0.3 is 0 Å². The van der Waals surface area contributed by atoms with Gasteiger partial charge in [0, 0.05) is 6.04 Å². The van der Waals surface area contributed by atoms with Crippen LogP contribution in [0.25, 0.3) is 0 Å². The summed E-state index contributed by atoms with van der Waals surface area (Å²) in [6, 6.07) is 7.80. The Hall–Kier alpha value is -0.820. The highest BCUT2D eigenvalue weighted by atomic mass is 14.9. The molecule has 0 amide bonds. The highest BCUT2D eigenvalue weighted by molar-refractivity contribution is 5.35. The fourth-order valence-electron chi connectivity index (χ4n) is 3.01. The van der Waals surface area contributed by atoms with Crippen LogP contribution in [0, 0.1) is 0 Å². The summed E-state index contributed by atoms with van der Waals surface area (Å²) in [5.74, 6) is 0. The Labute approximate surface area is 112 Å². The molecule has 18 heavy (non-hydrogen) atoms. The Bertz CT molecular complexity index is 370. The van der Waals surface area contributed by atoms with Crippen molar-refractivity contribution in [3.8, 4) is 0 Å². The van der Waals surface area contributed by atoms with Crippen molar-refractivity contribution in [2.75, 3.05) is 6.54 Å². The van der Waals surface area contributed by atoms with Crippen molar-refractivity contribution >= 4 is 0 Å². The normalized spacial score (nSPS) is 19.3. The molecule has 1 nitrogen and oxygen atoms in total. The predicted molar refractivity (Wildman–Crippen MR) is 79.0 cm³/mol. The molecule has 0 saturated heterocycles. The standard InChI is InChI=1S/C17H27N/c1-3-5-8-14-11-12-15-9-6-7-10-17(18-4-2)16(15)13-14/h11-13,17-18H,3-10H2,1-2H3. The monoisotopic (exact) mass is 245 g/mol. The van der Waals surface area contributed by atoms with Crippen LogP contribution in [-0.2, 0) is 12.8 Å². The van der Waals surface area contributed by atoms with Crippen molar-refractivity contribution in [2.24, 2.45) is 0 Å². The fraction of sp³-hybridized carbons (Fsp3) is 0.647. The lowest BCUT2D eigenvalue weighted by atomic mass is 9.95. The topological polar surface area (TPSA) is 12.0 Å². The number of benzene rings is 1. The van der Waals surface area contributed by atoms with Gasteiger partial charge in [0.05, 0.1) is 0 Å². The Kier molecular flexibility index (Phi) is 5.25. The van der Waals surface area contributed by atoms with Crippen molar-refractivity contribution in [3.63, 3.8) is 0 Å². The van der Waals surface area contributed by atoms with Gasteiger partial charge in [-0.2, -0.15) is 0 Å². The maximum Gasteiger partial charge on any atom is 0.0322 e. The van der Waals surface area contributed by atoms with Crippen LogP contribution in [0.15, 0.2) is 18.2 Å². The average molecular weight is 245 g/mol. The first-order valence-electron chi connectivity index (χ1n) is 7.70. The van der Waals surface area contributed by atoms with Crippen LogP contribution >= 0.6 is 0 Å². The van der Waals surface area contributed by atoms with Crippen molar-refractivity contribution in [1.29, 1.82) is 0 Å². The Morgan fingerprint density at radius 1 is 1.22 bits per heavy atom. The summed E-state index contributed by atoms with van der Waals surface area (Å²) >= 11 is 0. The van der Waals surface area contributed by atoms with E-state index in [9.17, 15) is 0 Å². The molecule has 1 aromatic rings. The van der Waals surface area contributed by atoms with E-state index in [4.69, 9.17) is 0 Å². The van der Waals surface area contributed by atoms with E-state index in [0.717, 1.165) is 6.54 Å². The molecule has 1 N–H and O–H groups in total.